The molecule has 2 aliphatic carbocycles. The van der Waals surface area contributed by atoms with Crippen LogP contribution in [-0.2, 0) is 4.79 Å². The zero-order valence-corrected chi connectivity index (χ0v) is 9.84. The number of carbonyl (C=O) groups is 1. The second-order valence-corrected chi connectivity index (χ2v) is 5.51. The summed E-state index contributed by atoms with van der Waals surface area (Å²) in [7, 11) is 0. The third-order valence-corrected chi connectivity index (χ3v) is 4.28. The summed E-state index contributed by atoms with van der Waals surface area (Å²) in [5.74, 6) is 1.79. The summed E-state index contributed by atoms with van der Waals surface area (Å²) in [4.78, 5) is 12.1. The fourth-order valence-electron chi connectivity index (χ4n) is 3.27. The van der Waals surface area contributed by atoms with Crippen LogP contribution in [0.5, 0.6) is 0 Å². The van der Waals surface area contributed by atoms with E-state index in [-0.39, 0.29) is 0 Å². The molecule has 0 spiro atoms. The first-order valence-electron chi connectivity index (χ1n) is 6.89. The van der Waals surface area contributed by atoms with Gasteiger partial charge in [-0.05, 0) is 18.8 Å². The van der Waals surface area contributed by atoms with Crippen molar-refractivity contribution in [2.24, 2.45) is 11.8 Å². The fourth-order valence-corrected chi connectivity index (χ4v) is 3.27. The number of carbonyl (C=O) groups excluding carboxylic acids is 1. The van der Waals surface area contributed by atoms with Gasteiger partial charge in [0.25, 0.3) is 0 Å². The predicted molar refractivity (Wildman–Crippen MR) is 62.8 cm³/mol. The van der Waals surface area contributed by atoms with Gasteiger partial charge in [-0.15, -0.1) is 0 Å². The Morgan fingerprint density at radius 2 is 1.33 bits per heavy atom. The normalized spacial score (nSPS) is 25.3. The number of hydrogen-bond acceptors (Lipinski definition) is 1. The minimum absolute atomic E-state index is 0.445. The molecule has 2 aliphatic rings. The lowest BCUT2D eigenvalue weighted by Gasteiger charge is -2.25. The van der Waals surface area contributed by atoms with Gasteiger partial charge in [0.2, 0.25) is 0 Å². The van der Waals surface area contributed by atoms with Crippen molar-refractivity contribution in [3.05, 3.63) is 0 Å². The van der Waals surface area contributed by atoms with Gasteiger partial charge in [-0.25, -0.2) is 0 Å². The molecule has 0 aromatic heterocycles. The van der Waals surface area contributed by atoms with E-state index in [9.17, 15) is 4.79 Å². The highest BCUT2D eigenvalue weighted by atomic mass is 16.1. The van der Waals surface area contributed by atoms with Gasteiger partial charge < -0.3 is 0 Å². The third-order valence-electron chi connectivity index (χ3n) is 4.28. The van der Waals surface area contributed by atoms with Crippen molar-refractivity contribution in [3.8, 4) is 0 Å². The maximum Gasteiger partial charge on any atom is 0.136 e. The van der Waals surface area contributed by atoms with Crippen molar-refractivity contribution in [2.45, 2.75) is 70.6 Å². The van der Waals surface area contributed by atoms with E-state index in [0.717, 1.165) is 12.3 Å². The molecule has 0 radical (unpaired) electrons. The number of Topliss-reactive ketones (excluding diaryl/α,β-unsaturated/α-hetero) is 1. The standard InChI is InChI=1S/C14H24O/c15-14(13-9-5-2-6-10-13)11-12-7-3-1-4-8-12/h12-13H,1-11H2. The van der Waals surface area contributed by atoms with E-state index in [1.54, 1.807) is 0 Å². The topological polar surface area (TPSA) is 17.1 Å². The molecule has 2 rings (SSSR count). The molecular formula is C14H24O. The highest BCUT2D eigenvalue weighted by Crippen LogP contribution is 2.31. The zero-order valence-electron chi connectivity index (χ0n) is 9.84. The van der Waals surface area contributed by atoms with Crippen LogP contribution >= 0.6 is 0 Å². The van der Waals surface area contributed by atoms with E-state index in [1.165, 1.54) is 64.2 Å². The van der Waals surface area contributed by atoms with Gasteiger partial charge in [0, 0.05) is 12.3 Å². The van der Waals surface area contributed by atoms with Crippen molar-refractivity contribution < 1.29 is 4.79 Å². The molecule has 86 valence electrons. The van der Waals surface area contributed by atoms with Crippen LogP contribution in [0.3, 0.4) is 0 Å². The summed E-state index contributed by atoms with van der Waals surface area (Å²) in [6.07, 6.45) is 14.0. The van der Waals surface area contributed by atoms with Gasteiger partial charge in [-0.2, -0.15) is 0 Å². The molecule has 1 nitrogen and oxygen atoms in total. The van der Waals surface area contributed by atoms with Crippen LogP contribution in [0, 0.1) is 11.8 Å². The molecular weight excluding hydrogens is 184 g/mol. The van der Waals surface area contributed by atoms with Gasteiger partial charge in [-0.1, -0.05) is 51.4 Å². The molecule has 0 unspecified atom stereocenters. The molecule has 15 heavy (non-hydrogen) atoms. The van der Waals surface area contributed by atoms with Crippen LogP contribution in [0.15, 0.2) is 0 Å². The monoisotopic (exact) mass is 208 g/mol. The van der Waals surface area contributed by atoms with Gasteiger partial charge in [0.15, 0.2) is 0 Å². The molecule has 0 heterocycles. The van der Waals surface area contributed by atoms with E-state index in [0.29, 0.717) is 11.7 Å². The van der Waals surface area contributed by atoms with Crippen molar-refractivity contribution in [1.82, 2.24) is 0 Å². The molecule has 0 amide bonds. The molecule has 0 N–H and O–H groups in total. The molecule has 0 atom stereocenters. The Morgan fingerprint density at radius 1 is 0.800 bits per heavy atom. The van der Waals surface area contributed by atoms with Crippen LogP contribution in [-0.4, -0.2) is 5.78 Å². The third kappa shape index (κ3) is 3.32. The summed E-state index contributed by atoms with van der Waals surface area (Å²) in [5.41, 5.74) is 0. The first kappa shape index (κ1) is 11.2. The van der Waals surface area contributed by atoms with Crippen LogP contribution in [0.1, 0.15) is 70.6 Å². The van der Waals surface area contributed by atoms with E-state index in [2.05, 4.69) is 0 Å². The van der Waals surface area contributed by atoms with Crippen molar-refractivity contribution in [3.63, 3.8) is 0 Å². The summed E-state index contributed by atoms with van der Waals surface area (Å²) in [5, 5.41) is 0. The molecule has 0 bridgehead atoms. The Balaban J connectivity index is 1.74. The maximum absolute atomic E-state index is 12.1. The molecule has 2 saturated carbocycles. The first-order valence-corrected chi connectivity index (χ1v) is 6.89. The summed E-state index contributed by atoms with van der Waals surface area (Å²) in [6.45, 7) is 0. The lowest BCUT2D eigenvalue weighted by molar-refractivity contribution is -0.124. The largest absolute Gasteiger partial charge is 0.299 e. The van der Waals surface area contributed by atoms with Crippen LogP contribution in [0.4, 0.5) is 0 Å². The fraction of sp³-hybridized carbons (Fsp3) is 0.929. The summed E-state index contributed by atoms with van der Waals surface area (Å²) in [6, 6.07) is 0. The van der Waals surface area contributed by atoms with Crippen LogP contribution in [0.25, 0.3) is 0 Å². The van der Waals surface area contributed by atoms with Crippen LogP contribution in [0.2, 0.25) is 0 Å². The zero-order chi connectivity index (χ0) is 10.5. The van der Waals surface area contributed by atoms with Gasteiger partial charge in [0.1, 0.15) is 5.78 Å². The van der Waals surface area contributed by atoms with Crippen molar-refractivity contribution in [1.29, 1.82) is 0 Å². The molecule has 0 saturated heterocycles. The maximum atomic E-state index is 12.1. The molecule has 2 fully saturated rings. The Bertz CT molecular complexity index is 197. The average molecular weight is 208 g/mol. The Labute approximate surface area is 93.6 Å². The first-order chi connectivity index (χ1) is 7.36. The van der Waals surface area contributed by atoms with Gasteiger partial charge in [0.05, 0.1) is 0 Å². The highest BCUT2D eigenvalue weighted by molar-refractivity contribution is 5.81. The van der Waals surface area contributed by atoms with E-state index in [1.807, 2.05) is 0 Å². The van der Waals surface area contributed by atoms with E-state index in [4.69, 9.17) is 0 Å². The lowest BCUT2D eigenvalue weighted by atomic mass is 9.79. The van der Waals surface area contributed by atoms with Crippen molar-refractivity contribution >= 4 is 5.78 Å². The SMILES string of the molecule is O=C(CC1CCCCC1)C1CCCCC1. The number of rotatable bonds is 3. The molecule has 0 aromatic rings. The second-order valence-electron chi connectivity index (χ2n) is 5.51. The lowest BCUT2D eigenvalue weighted by Crippen LogP contribution is -2.21. The minimum atomic E-state index is 0.445. The number of hydrogen-bond donors (Lipinski definition) is 0. The Kier molecular flexibility index (Phi) is 4.22. The second kappa shape index (κ2) is 5.67. The quantitative estimate of drug-likeness (QED) is 0.682. The van der Waals surface area contributed by atoms with Gasteiger partial charge in [-0.3, -0.25) is 4.79 Å². The summed E-state index contributed by atoms with van der Waals surface area (Å²) < 4.78 is 0. The Hall–Kier alpha value is -0.330. The minimum Gasteiger partial charge on any atom is -0.299 e. The van der Waals surface area contributed by atoms with Gasteiger partial charge >= 0.3 is 0 Å². The molecule has 1 heteroatoms. The summed E-state index contributed by atoms with van der Waals surface area (Å²) >= 11 is 0. The number of ketones is 1. The Morgan fingerprint density at radius 3 is 1.93 bits per heavy atom. The van der Waals surface area contributed by atoms with Crippen molar-refractivity contribution in [2.75, 3.05) is 0 Å². The van der Waals surface area contributed by atoms with E-state index >= 15 is 0 Å². The van der Waals surface area contributed by atoms with Crippen LogP contribution < -0.4 is 0 Å². The average Bonchev–Trinajstić information content (AvgIpc) is 2.31. The predicted octanol–water partition coefficient (Wildman–Crippen LogP) is 4.11. The molecule has 0 aliphatic heterocycles. The van der Waals surface area contributed by atoms with E-state index < -0.39 is 0 Å². The molecule has 0 aromatic carbocycles. The smallest absolute Gasteiger partial charge is 0.136 e. The highest BCUT2D eigenvalue weighted by Gasteiger charge is 2.24.